The Balaban J connectivity index is 1.29. The number of hydrogen-bond donors (Lipinski definition) is 0. The second kappa shape index (κ2) is 7.63. The van der Waals surface area contributed by atoms with E-state index in [2.05, 4.69) is 15.1 Å². The molecule has 0 saturated carbocycles. The molecule has 0 atom stereocenters. The van der Waals surface area contributed by atoms with E-state index >= 15 is 0 Å². The van der Waals surface area contributed by atoms with Gasteiger partial charge in [-0.05, 0) is 36.4 Å². The van der Waals surface area contributed by atoms with Gasteiger partial charge in [0.2, 0.25) is 5.82 Å². The lowest BCUT2D eigenvalue weighted by atomic mass is 10.2. The van der Waals surface area contributed by atoms with Crippen LogP contribution >= 0.6 is 11.3 Å². The summed E-state index contributed by atoms with van der Waals surface area (Å²) in [6.07, 6.45) is 0.738. The Labute approximate surface area is 157 Å². The molecule has 2 aromatic carbocycles. The van der Waals surface area contributed by atoms with Gasteiger partial charge in [0, 0.05) is 12.0 Å². The SMILES string of the molecule is O=C(CCc1nc2ccccc2s1)OCc1nc(-c2ccc(F)cc2)no1. The van der Waals surface area contributed by atoms with Gasteiger partial charge in [-0.2, -0.15) is 4.98 Å². The molecule has 0 N–H and O–H groups in total. The number of halogens is 1. The van der Waals surface area contributed by atoms with Gasteiger partial charge in [0.1, 0.15) is 5.82 Å². The van der Waals surface area contributed by atoms with Crippen molar-refractivity contribution in [3.8, 4) is 11.4 Å². The molecule has 0 radical (unpaired) electrons. The summed E-state index contributed by atoms with van der Waals surface area (Å²) in [6.45, 7) is -0.104. The molecule has 0 bridgehead atoms. The lowest BCUT2D eigenvalue weighted by Crippen LogP contribution is -2.06. The molecule has 0 unspecified atom stereocenters. The average molecular weight is 383 g/mol. The molecule has 8 heteroatoms. The minimum atomic E-state index is -0.365. The second-order valence-corrected chi connectivity index (χ2v) is 6.87. The van der Waals surface area contributed by atoms with Gasteiger partial charge in [0.25, 0.3) is 5.89 Å². The lowest BCUT2D eigenvalue weighted by Gasteiger charge is -2.00. The fourth-order valence-electron chi connectivity index (χ4n) is 2.48. The van der Waals surface area contributed by atoms with Gasteiger partial charge in [-0.1, -0.05) is 17.3 Å². The number of fused-ring (bicyclic) bond motifs is 1. The van der Waals surface area contributed by atoms with Gasteiger partial charge in [-0.15, -0.1) is 11.3 Å². The first-order valence-electron chi connectivity index (χ1n) is 8.26. The molecule has 0 aliphatic rings. The first-order chi connectivity index (χ1) is 13.2. The number of hydrogen-bond acceptors (Lipinski definition) is 7. The zero-order valence-corrected chi connectivity index (χ0v) is 14.9. The number of esters is 1. The Morgan fingerprint density at radius 2 is 1.93 bits per heavy atom. The van der Waals surface area contributed by atoms with Crippen molar-refractivity contribution >= 4 is 27.5 Å². The third kappa shape index (κ3) is 4.17. The molecule has 0 saturated heterocycles. The third-order valence-electron chi connectivity index (χ3n) is 3.81. The predicted molar refractivity (Wildman–Crippen MR) is 97.4 cm³/mol. The molecule has 27 heavy (non-hydrogen) atoms. The van der Waals surface area contributed by atoms with E-state index in [4.69, 9.17) is 9.26 Å². The van der Waals surface area contributed by atoms with Gasteiger partial charge in [-0.3, -0.25) is 4.79 Å². The van der Waals surface area contributed by atoms with E-state index in [0.717, 1.165) is 15.2 Å². The highest BCUT2D eigenvalue weighted by Crippen LogP contribution is 2.22. The van der Waals surface area contributed by atoms with Crippen molar-refractivity contribution in [2.24, 2.45) is 0 Å². The number of thiazole rings is 1. The van der Waals surface area contributed by atoms with Crippen LogP contribution in [0.25, 0.3) is 21.6 Å². The third-order valence-corrected chi connectivity index (χ3v) is 4.90. The van der Waals surface area contributed by atoms with Crippen LogP contribution in [0.5, 0.6) is 0 Å². The Morgan fingerprint density at radius 1 is 1.11 bits per heavy atom. The van der Waals surface area contributed by atoms with Crippen LogP contribution in [0.15, 0.2) is 53.1 Å². The lowest BCUT2D eigenvalue weighted by molar-refractivity contribution is -0.145. The normalized spacial score (nSPS) is 11.0. The van der Waals surface area contributed by atoms with Crippen LogP contribution in [0, 0.1) is 5.82 Å². The summed E-state index contributed by atoms with van der Waals surface area (Å²) in [7, 11) is 0. The number of benzene rings is 2. The zero-order chi connectivity index (χ0) is 18.6. The van der Waals surface area contributed by atoms with E-state index in [0.29, 0.717) is 17.8 Å². The van der Waals surface area contributed by atoms with Crippen molar-refractivity contribution < 1.29 is 18.4 Å². The van der Waals surface area contributed by atoms with E-state index in [1.807, 2.05) is 24.3 Å². The topological polar surface area (TPSA) is 78.1 Å². The summed E-state index contributed by atoms with van der Waals surface area (Å²) >= 11 is 1.57. The first-order valence-corrected chi connectivity index (χ1v) is 9.07. The minimum Gasteiger partial charge on any atom is -0.456 e. The number of para-hydroxylation sites is 1. The fourth-order valence-corrected chi connectivity index (χ4v) is 3.45. The van der Waals surface area contributed by atoms with Crippen molar-refractivity contribution in [3.63, 3.8) is 0 Å². The maximum atomic E-state index is 12.9. The summed E-state index contributed by atoms with van der Waals surface area (Å²) in [5.41, 5.74) is 1.55. The average Bonchev–Trinajstić information content (AvgIpc) is 3.32. The molecule has 136 valence electrons. The summed E-state index contributed by atoms with van der Waals surface area (Å²) in [5.74, 6) is -0.210. The molecule has 6 nitrogen and oxygen atoms in total. The highest BCUT2D eigenvalue weighted by atomic mass is 32.1. The first kappa shape index (κ1) is 17.3. The molecule has 0 amide bonds. The Bertz CT molecular complexity index is 1040. The van der Waals surface area contributed by atoms with Crippen molar-refractivity contribution in [2.45, 2.75) is 19.4 Å². The van der Waals surface area contributed by atoms with Crippen molar-refractivity contribution in [1.29, 1.82) is 0 Å². The van der Waals surface area contributed by atoms with E-state index in [9.17, 15) is 9.18 Å². The van der Waals surface area contributed by atoms with Crippen molar-refractivity contribution in [2.75, 3.05) is 0 Å². The van der Waals surface area contributed by atoms with Crippen LogP contribution < -0.4 is 0 Å². The molecule has 4 rings (SSSR count). The van der Waals surface area contributed by atoms with Crippen LogP contribution in [0.1, 0.15) is 17.3 Å². The number of rotatable bonds is 6. The quantitative estimate of drug-likeness (QED) is 0.465. The van der Waals surface area contributed by atoms with Gasteiger partial charge in [-0.25, -0.2) is 9.37 Å². The number of ether oxygens (including phenoxy) is 1. The molecule has 0 spiro atoms. The summed E-state index contributed by atoms with van der Waals surface area (Å²) in [4.78, 5) is 20.6. The molecule has 4 aromatic rings. The highest BCUT2D eigenvalue weighted by Gasteiger charge is 2.12. The zero-order valence-electron chi connectivity index (χ0n) is 14.1. The summed E-state index contributed by atoms with van der Waals surface area (Å²) in [5, 5.41) is 4.70. The van der Waals surface area contributed by atoms with Crippen LogP contribution in [0.4, 0.5) is 4.39 Å². The van der Waals surface area contributed by atoms with Gasteiger partial charge in [0.05, 0.1) is 21.6 Å². The molecule has 0 fully saturated rings. The second-order valence-electron chi connectivity index (χ2n) is 5.75. The molecule has 2 aromatic heterocycles. The fraction of sp³-hybridized carbons (Fsp3) is 0.158. The van der Waals surface area contributed by atoms with E-state index in [1.54, 1.807) is 23.5 Å². The van der Waals surface area contributed by atoms with Crippen molar-refractivity contribution in [1.82, 2.24) is 15.1 Å². The van der Waals surface area contributed by atoms with Gasteiger partial charge < -0.3 is 9.26 Å². The highest BCUT2D eigenvalue weighted by molar-refractivity contribution is 7.18. The monoisotopic (exact) mass is 383 g/mol. The molecular weight excluding hydrogens is 369 g/mol. The number of carbonyl (C=O) groups is 1. The number of carbonyl (C=O) groups excluding carboxylic acids is 1. The van der Waals surface area contributed by atoms with E-state index in [1.165, 1.54) is 12.1 Å². The van der Waals surface area contributed by atoms with Gasteiger partial charge >= 0.3 is 5.97 Å². The largest absolute Gasteiger partial charge is 0.456 e. The maximum absolute atomic E-state index is 12.9. The van der Waals surface area contributed by atoms with E-state index < -0.39 is 0 Å². The Morgan fingerprint density at radius 3 is 2.74 bits per heavy atom. The number of aromatic nitrogens is 3. The van der Waals surface area contributed by atoms with Crippen LogP contribution in [-0.4, -0.2) is 21.1 Å². The molecular formula is C19H14FN3O3S. The molecule has 0 aliphatic heterocycles. The minimum absolute atomic E-state index is 0.104. The van der Waals surface area contributed by atoms with Gasteiger partial charge in [0.15, 0.2) is 6.61 Å². The Hall–Kier alpha value is -3.13. The van der Waals surface area contributed by atoms with Crippen LogP contribution in [0.3, 0.4) is 0 Å². The standard InChI is InChI=1S/C19H14FN3O3S/c20-13-7-5-12(6-8-13)19-22-16(26-23-19)11-25-18(24)10-9-17-21-14-3-1-2-4-15(14)27-17/h1-8H,9-11H2. The molecule has 2 heterocycles. The molecule has 0 aliphatic carbocycles. The number of aryl methyl sites for hydroxylation is 1. The van der Waals surface area contributed by atoms with Crippen molar-refractivity contribution in [3.05, 3.63) is 65.2 Å². The summed E-state index contributed by atoms with van der Waals surface area (Å²) < 4.78 is 24.3. The van der Waals surface area contributed by atoms with E-state index in [-0.39, 0.29) is 30.7 Å². The summed E-state index contributed by atoms with van der Waals surface area (Å²) in [6, 6.07) is 13.6. The predicted octanol–water partition coefficient (Wildman–Crippen LogP) is 4.16. The maximum Gasteiger partial charge on any atom is 0.306 e. The van der Waals surface area contributed by atoms with Crippen LogP contribution in [0.2, 0.25) is 0 Å². The van der Waals surface area contributed by atoms with Crippen LogP contribution in [-0.2, 0) is 22.6 Å². The Kier molecular flexibility index (Phi) is 4.88. The smallest absolute Gasteiger partial charge is 0.306 e. The number of nitrogens with zero attached hydrogens (tertiary/aromatic N) is 3.